The standard InChI is InChI=1S/C12H17NO2/c1-14-12-7-9(8-13)5-6-11(12)15-10-3-2-4-10/h5-7,10H,2-4,8,13H2,1H3. The van der Waals surface area contributed by atoms with Crippen molar-refractivity contribution < 1.29 is 9.47 Å². The van der Waals surface area contributed by atoms with Gasteiger partial charge in [-0.25, -0.2) is 0 Å². The highest BCUT2D eigenvalue weighted by molar-refractivity contribution is 5.43. The average molecular weight is 207 g/mol. The maximum absolute atomic E-state index is 5.81. The number of benzene rings is 1. The molecule has 0 radical (unpaired) electrons. The van der Waals surface area contributed by atoms with Crippen molar-refractivity contribution in [2.45, 2.75) is 31.9 Å². The Hall–Kier alpha value is -1.22. The van der Waals surface area contributed by atoms with Gasteiger partial charge in [0.15, 0.2) is 11.5 Å². The quantitative estimate of drug-likeness (QED) is 0.822. The summed E-state index contributed by atoms with van der Waals surface area (Å²) in [6.45, 7) is 0.528. The highest BCUT2D eigenvalue weighted by atomic mass is 16.5. The monoisotopic (exact) mass is 207 g/mol. The highest BCUT2D eigenvalue weighted by Crippen LogP contribution is 2.32. The molecule has 0 aliphatic heterocycles. The van der Waals surface area contributed by atoms with E-state index < -0.39 is 0 Å². The highest BCUT2D eigenvalue weighted by Gasteiger charge is 2.20. The van der Waals surface area contributed by atoms with Gasteiger partial charge in [-0.15, -0.1) is 0 Å². The summed E-state index contributed by atoms with van der Waals surface area (Å²) < 4.78 is 11.1. The Morgan fingerprint density at radius 2 is 2.13 bits per heavy atom. The van der Waals surface area contributed by atoms with Crippen molar-refractivity contribution in [3.8, 4) is 11.5 Å². The normalized spacial score (nSPS) is 15.9. The summed E-state index contributed by atoms with van der Waals surface area (Å²) in [6.07, 6.45) is 3.96. The van der Waals surface area contributed by atoms with Gasteiger partial charge in [0.25, 0.3) is 0 Å². The molecule has 15 heavy (non-hydrogen) atoms. The van der Waals surface area contributed by atoms with Crippen LogP contribution in [0.15, 0.2) is 18.2 Å². The molecule has 1 aliphatic carbocycles. The third-order valence-corrected chi connectivity index (χ3v) is 2.81. The first-order chi connectivity index (χ1) is 7.33. The van der Waals surface area contributed by atoms with Gasteiger partial charge in [0.05, 0.1) is 13.2 Å². The van der Waals surface area contributed by atoms with Gasteiger partial charge >= 0.3 is 0 Å². The Balaban J connectivity index is 2.13. The van der Waals surface area contributed by atoms with Crippen LogP contribution in [0, 0.1) is 0 Å². The zero-order chi connectivity index (χ0) is 10.7. The number of rotatable bonds is 4. The topological polar surface area (TPSA) is 44.5 Å². The lowest BCUT2D eigenvalue weighted by Gasteiger charge is -2.27. The number of ether oxygens (including phenoxy) is 2. The summed E-state index contributed by atoms with van der Waals surface area (Å²) in [5.41, 5.74) is 6.63. The van der Waals surface area contributed by atoms with E-state index in [1.165, 1.54) is 6.42 Å². The maximum atomic E-state index is 5.81. The van der Waals surface area contributed by atoms with Crippen LogP contribution < -0.4 is 15.2 Å². The molecule has 2 N–H and O–H groups in total. The molecule has 3 nitrogen and oxygen atoms in total. The van der Waals surface area contributed by atoms with E-state index in [2.05, 4.69) is 0 Å². The SMILES string of the molecule is COc1cc(CN)ccc1OC1CCC1. The van der Waals surface area contributed by atoms with E-state index >= 15 is 0 Å². The molecule has 1 aromatic rings. The van der Waals surface area contributed by atoms with Crippen LogP contribution in [-0.4, -0.2) is 13.2 Å². The fourth-order valence-electron chi connectivity index (χ4n) is 1.60. The van der Waals surface area contributed by atoms with Crippen molar-refractivity contribution in [1.82, 2.24) is 0 Å². The third-order valence-electron chi connectivity index (χ3n) is 2.81. The molecule has 1 aliphatic rings. The van der Waals surface area contributed by atoms with Crippen LogP contribution in [0.1, 0.15) is 24.8 Å². The predicted octanol–water partition coefficient (Wildman–Crippen LogP) is 2.09. The fourth-order valence-corrected chi connectivity index (χ4v) is 1.60. The minimum atomic E-state index is 0.377. The van der Waals surface area contributed by atoms with Crippen molar-refractivity contribution in [2.75, 3.05) is 7.11 Å². The Bertz CT molecular complexity index is 334. The number of methoxy groups -OCH3 is 1. The first-order valence-electron chi connectivity index (χ1n) is 5.37. The van der Waals surface area contributed by atoms with Gasteiger partial charge in [-0.1, -0.05) is 6.07 Å². The van der Waals surface area contributed by atoms with Crippen LogP contribution in [0.3, 0.4) is 0 Å². The minimum Gasteiger partial charge on any atom is -0.493 e. The third kappa shape index (κ3) is 2.23. The second kappa shape index (κ2) is 4.53. The Morgan fingerprint density at radius 3 is 2.67 bits per heavy atom. The molecule has 0 unspecified atom stereocenters. The Labute approximate surface area is 90.2 Å². The van der Waals surface area contributed by atoms with Crippen LogP contribution in [0.5, 0.6) is 11.5 Å². The van der Waals surface area contributed by atoms with E-state index in [4.69, 9.17) is 15.2 Å². The predicted molar refractivity (Wildman–Crippen MR) is 59.2 cm³/mol. The zero-order valence-corrected chi connectivity index (χ0v) is 9.03. The molecule has 0 heterocycles. The average Bonchev–Trinajstić information content (AvgIpc) is 2.23. The Morgan fingerprint density at radius 1 is 1.33 bits per heavy atom. The lowest BCUT2D eigenvalue weighted by Crippen LogP contribution is -2.24. The van der Waals surface area contributed by atoms with Gasteiger partial charge in [0.2, 0.25) is 0 Å². The molecule has 0 atom stereocenters. The van der Waals surface area contributed by atoms with Crippen LogP contribution in [0.25, 0.3) is 0 Å². The van der Waals surface area contributed by atoms with E-state index in [0.29, 0.717) is 12.6 Å². The molecule has 1 saturated carbocycles. The molecule has 0 bridgehead atoms. The first kappa shape index (κ1) is 10.3. The van der Waals surface area contributed by atoms with Gasteiger partial charge in [0.1, 0.15) is 0 Å². The van der Waals surface area contributed by atoms with Crippen LogP contribution in [0.2, 0.25) is 0 Å². The van der Waals surface area contributed by atoms with Crippen molar-refractivity contribution >= 4 is 0 Å². The molecule has 0 saturated heterocycles. The molecule has 1 fully saturated rings. The Kier molecular flexibility index (Phi) is 3.11. The van der Waals surface area contributed by atoms with Gasteiger partial charge < -0.3 is 15.2 Å². The van der Waals surface area contributed by atoms with Gasteiger partial charge in [-0.2, -0.15) is 0 Å². The second-order valence-electron chi connectivity index (χ2n) is 3.86. The molecule has 82 valence electrons. The van der Waals surface area contributed by atoms with Crippen LogP contribution in [0.4, 0.5) is 0 Å². The van der Waals surface area contributed by atoms with E-state index in [9.17, 15) is 0 Å². The first-order valence-corrected chi connectivity index (χ1v) is 5.37. The second-order valence-corrected chi connectivity index (χ2v) is 3.86. The molecule has 0 amide bonds. The molecule has 1 aromatic carbocycles. The van der Waals surface area contributed by atoms with Crippen molar-refractivity contribution in [3.63, 3.8) is 0 Å². The smallest absolute Gasteiger partial charge is 0.161 e. The summed E-state index contributed by atoms with van der Waals surface area (Å²) >= 11 is 0. The summed E-state index contributed by atoms with van der Waals surface area (Å²) in [6, 6.07) is 5.86. The van der Waals surface area contributed by atoms with E-state index in [1.807, 2.05) is 18.2 Å². The van der Waals surface area contributed by atoms with Crippen LogP contribution >= 0.6 is 0 Å². The van der Waals surface area contributed by atoms with Crippen molar-refractivity contribution in [3.05, 3.63) is 23.8 Å². The van der Waals surface area contributed by atoms with E-state index in [0.717, 1.165) is 29.9 Å². The van der Waals surface area contributed by atoms with Crippen molar-refractivity contribution in [1.29, 1.82) is 0 Å². The molecule has 3 heteroatoms. The number of nitrogens with two attached hydrogens (primary N) is 1. The molecule has 0 spiro atoms. The van der Waals surface area contributed by atoms with E-state index in [1.54, 1.807) is 7.11 Å². The van der Waals surface area contributed by atoms with Gasteiger partial charge in [0, 0.05) is 6.54 Å². The molecule has 2 rings (SSSR count). The summed E-state index contributed by atoms with van der Waals surface area (Å²) in [4.78, 5) is 0. The summed E-state index contributed by atoms with van der Waals surface area (Å²) in [5, 5.41) is 0. The van der Waals surface area contributed by atoms with Gasteiger partial charge in [-0.05, 0) is 37.0 Å². The fraction of sp³-hybridized carbons (Fsp3) is 0.500. The maximum Gasteiger partial charge on any atom is 0.161 e. The molecular formula is C12H17NO2. The van der Waals surface area contributed by atoms with E-state index in [-0.39, 0.29) is 0 Å². The number of hydrogen-bond donors (Lipinski definition) is 1. The lowest BCUT2D eigenvalue weighted by atomic mass is 9.96. The molecular weight excluding hydrogens is 190 g/mol. The largest absolute Gasteiger partial charge is 0.493 e. The lowest BCUT2D eigenvalue weighted by molar-refractivity contribution is 0.116. The molecule has 0 aromatic heterocycles. The van der Waals surface area contributed by atoms with Gasteiger partial charge in [-0.3, -0.25) is 0 Å². The van der Waals surface area contributed by atoms with Crippen molar-refractivity contribution in [2.24, 2.45) is 5.73 Å². The van der Waals surface area contributed by atoms with Crippen LogP contribution in [-0.2, 0) is 6.54 Å². The summed E-state index contributed by atoms with van der Waals surface area (Å²) in [5.74, 6) is 1.62. The zero-order valence-electron chi connectivity index (χ0n) is 9.03. The minimum absolute atomic E-state index is 0.377. The summed E-state index contributed by atoms with van der Waals surface area (Å²) in [7, 11) is 1.66. The number of hydrogen-bond acceptors (Lipinski definition) is 3.